The van der Waals surface area contributed by atoms with Crippen molar-refractivity contribution in [1.29, 1.82) is 0 Å². The Bertz CT molecular complexity index is 1240. The van der Waals surface area contributed by atoms with Crippen molar-refractivity contribution in [2.24, 2.45) is 5.10 Å². The number of carbonyl (C=O) groups excluding carboxylic acids is 1. The highest BCUT2D eigenvalue weighted by Crippen LogP contribution is 2.34. The Balaban J connectivity index is 2.13. The molecule has 0 amide bonds. The molecule has 0 aliphatic carbocycles. The Labute approximate surface area is 201 Å². The summed E-state index contributed by atoms with van der Waals surface area (Å²) in [5.41, 5.74) is 0.832. The van der Waals surface area contributed by atoms with Gasteiger partial charge in [0.1, 0.15) is 5.82 Å². The highest BCUT2D eigenvalue weighted by molar-refractivity contribution is 9.10. The van der Waals surface area contributed by atoms with E-state index in [2.05, 4.69) is 46.7 Å². The Morgan fingerprint density at radius 2 is 1.97 bits per heavy atom. The minimum absolute atomic E-state index is 0.282. The van der Waals surface area contributed by atoms with E-state index in [0.717, 1.165) is 10.9 Å². The lowest BCUT2D eigenvalue weighted by Gasteiger charge is -2.13. The summed E-state index contributed by atoms with van der Waals surface area (Å²) in [6.07, 6.45) is 2.85. The van der Waals surface area contributed by atoms with Gasteiger partial charge in [0.25, 0.3) is 5.56 Å². The number of carbonyl (C=O) groups is 1. The number of esters is 1. The highest BCUT2D eigenvalue weighted by Gasteiger charge is 2.15. The van der Waals surface area contributed by atoms with Crippen LogP contribution in [0.3, 0.4) is 0 Å². The number of hydrogen-bond acceptors (Lipinski definition) is 7. The largest absolute Gasteiger partial charge is 0.493 e. The zero-order chi connectivity index (χ0) is 23.3. The SMILES string of the molecule is CCCc1nc2ccc(Br)cc2c(=O)n1N=Cc1cc(Br)cc(OC)c1OCC(=O)OC. The Morgan fingerprint density at radius 1 is 1.19 bits per heavy atom. The first-order valence-electron chi connectivity index (χ1n) is 9.70. The molecule has 2 aromatic carbocycles. The second-order valence-corrected chi connectivity index (χ2v) is 8.52. The number of rotatable bonds is 8. The molecule has 0 N–H and O–H groups in total. The quantitative estimate of drug-likeness (QED) is 0.298. The molecule has 0 spiro atoms. The van der Waals surface area contributed by atoms with E-state index in [0.29, 0.717) is 44.7 Å². The molecule has 1 heterocycles. The van der Waals surface area contributed by atoms with Crippen molar-refractivity contribution in [2.75, 3.05) is 20.8 Å². The number of methoxy groups -OCH3 is 2. The molecule has 3 rings (SSSR count). The van der Waals surface area contributed by atoms with Crippen molar-refractivity contribution in [1.82, 2.24) is 9.66 Å². The van der Waals surface area contributed by atoms with E-state index >= 15 is 0 Å². The molecular weight excluding hydrogens is 546 g/mol. The molecule has 168 valence electrons. The van der Waals surface area contributed by atoms with Crippen LogP contribution in [0.4, 0.5) is 0 Å². The predicted octanol–water partition coefficient (Wildman–Crippen LogP) is 4.32. The van der Waals surface area contributed by atoms with Crippen molar-refractivity contribution in [3.8, 4) is 11.5 Å². The fourth-order valence-corrected chi connectivity index (χ4v) is 3.82. The fraction of sp³-hybridized carbons (Fsp3) is 0.273. The van der Waals surface area contributed by atoms with Gasteiger partial charge in [0.2, 0.25) is 0 Å². The Morgan fingerprint density at radius 3 is 2.66 bits per heavy atom. The van der Waals surface area contributed by atoms with E-state index in [-0.39, 0.29) is 12.2 Å². The molecule has 0 saturated carbocycles. The second kappa shape index (κ2) is 10.7. The van der Waals surface area contributed by atoms with Crippen LogP contribution < -0.4 is 15.0 Å². The lowest BCUT2D eigenvalue weighted by molar-refractivity contribution is -0.142. The maximum Gasteiger partial charge on any atom is 0.343 e. The van der Waals surface area contributed by atoms with Crippen LogP contribution in [0.5, 0.6) is 11.5 Å². The third kappa shape index (κ3) is 5.36. The van der Waals surface area contributed by atoms with Crippen LogP contribution >= 0.6 is 31.9 Å². The predicted molar refractivity (Wildman–Crippen MR) is 129 cm³/mol. The summed E-state index contributed by atoms with van der Waals surface area (Å²) in [5, 5.41) is 4.88. The van der Waals surface area contributed by atoms with Crippen LogP contribution in [-0.2, 0) is 16.0 Å². The van der Waals surface area contributed by atoms with Gasteiger partial charge in [-0.05, 0) is 36.8 Å². The molecule has 0 bridgehead atoms. The molecule has 0 fully saturated rings. The summed E-state index contributed by atoms with van der Waals surface area (Å²) in [6.45, 7) is 1.70. The van der Waals surface area contributed by atoms with E-state index in [9.17, 15) is 9.59 Å². The van der Waals surface area contributed by atoms with Gasteiger partial charge in [0, 0.05) is 20.9 Å². The highest BCUT2D eigenvalue weighted by atomic mass is 79.9. The van der Waals surface area contributed by atoms with Crippen LogP contribution in [0.1, 0.15) is 24.7 Å². The summed E-state index contributed by atoms with van der Waals surface area (Å²) >= 11 is 6.82. The zero-order valence-corrected chi connectivity index (χ0v) is 20.9. The van der Waals surface area contributed by atoms with Crippen molar-refractivity contribution in [3.05, 3.63) is 61.0 Å². The van der Waals surface area contributed by atoms with Gasteiger partial charge in [-0.25, -0.2) is 9.78 Å². The summed E-state index contributed by atoms with van der Waals surface area (Å²) in [6, 6.07) is 8.81. The van der Waals surface area contributed by atoms with Crippen LogP contribution in [-0.4, -0.2) is 42.7 Å². The molecule has 0 aliphatic heterocycles. The average Bonchev–Trinajstić information content (AvgIpc) is 2.78. The summed E-state index contributed by atoms with van der Waals surface area (Å²) in [7, 11) is 2.77. The van der Waals surface area contributed by atoms with Crippen molar-refractivity contribution in [3.63, 3.8) is 0 Å². The smallest absolute Gasteiger partial charge is 0.343 e. The van der Waals surface area contributed by atoms with Crippen molar-refractivity contribution < 1.29 is 19.0 Å². The van der Waals surface area contributed by atoms with Gasteiger partial charge in [0.15, 0.2) is 18.1 Å². The van der Waals surface area contributed by atoms with Crippen molar-refractivity contribution >= 4 is 54.9 Å². The summed E-state index contributed by atoms with van der Waals surface area (Å²) in [5.74, 6) is 0.698. The van der Waals surface area contributed by atoms with Crippen LogP contribution in [0.25, 0.3) is 10.9 Å². The number of aromatic nitrogens is 2. The maximum absolute atomic E-state index is 13.2. The number of aryl methyl sites for hydroxylation is 1. The minimum Gasteiger partial charge on any atom is -0.493 e. The molecule has 0 saturated heterocycles. The van der Waals surface area contributed by atoms with Gasteiger partial charge in [-0.3, -0.25) is 4.79 Å². The number of hydrogen-bond donors (Lipinski definition) is 0. The number of ether oxygens (including phenoxy) is 3. The van der Waals surface area contributed by atoms with Crippen LogP contribution in [0, 0.1) is 0 Å². The molecule has 32 heavy (non-hydrogen) atoms. The van der Waals surface area contributed by atoms with Crippen LogP contribution in [0.2, 0.25) is 0 Å². The standard InChI is InChI=1S/C22H21Br2N3O5/c1-4-5-19-26-17-7-6-14(23)9-16(17)22(29)27(19)25-11-13-8-15(24)10-18(30-2)21(13)32-12-20(28)31-3/h6-11H,4-5,12H2,1-3H3. The Kier molecular flexibility index (Phi) is 8.03. The normalized spacial score (nSPS) is 11.2. The van der Waals surface area contributed by atoms with Crippen molar-refractivity contribution in [2.45, 2.75) is 19.8 Å². The molecule has 0 aliphatic rings. The third-order valence-corrected chi connectivity index (χ3v) is 5.44. The van der Waals surface area contributed by atoms with Gasteiger partial charge >= 0.3 is 5.97 Å². The molecule has 0 atom stereocenters. The molecule has 10 heteroatoms. The molecule has 1 aromatic heterocycles. The number of nitrogens with zero attached hydrogens (tertiary/aromatic N) is 3. The molecule has 8 nitrogen and oxygen atoms in total. The molecule has 0 radical (unpaired) electrons. The second-order valence-electron chi connectivity index (χ2n) is 6.69. The molecule has 0 unspecified atom stereocenters. The third-order valence-electron chi connectivity index (χ3n) is 4.49. The van der Waals surface area contributed by atoms with E-state index in [1.165, 1.54) is 25.1 Å². The lowest BCUT2D eigenvalue weighted by Crippen LogP contribution is -2.22. The molecule has 3 aromatic rings. The summed E-state index contributed by atoms with van der Waals surface area (Å²) < 4.78 is 18.4. The van der Waals surface area contributed by atoms with Gasteiger partial charge in [-0.1, -0.05) is 38.8 Å². The number of benzene rings is 2. The Hall–Kier alpha value is -2.72. The first-order valence-corrected chi connectivity index (χ1v) is 11.3. The van der Waals surface area contributed by atoms with E-state index in [4.69, 9.17) is 9.47 Å². The monoisotopic (exact) mass is 565 g/mol. The van der Waals surface area contributed by atoms with E-state index in [1.54, 1.807) is 24.3 Å². The number of halogens is 2. The summed E-state index contributed by atoms with van der Waals surface area (Å²) in [4.78, 5) is 29.4. The minimum atomic E-state index is -0.538. The average molecular weight is 567 g/mol. The lowest BCUT2D eigenvalue weighted by atomic mass is 10.2. The van der Waals surface area contributed by atoms with Gasteiger partial charge < -0.3 is 14.2 Å². The molecular formula is C22H21Br2N3O5. The topological polar surface area (TPSA) is 92.0 Å². The van der Waals surface area contributed by atoms with Gasteiger partial charge in [-0.15, -0.1) is 0 Å². The van der Waals surface area contributed by atoms with E-state index in [1.807, 2.05) is 13.0 Å². The zero-order valence-electron chi connectivity index (χ0n) is 17.7. The van der Waals surface area contributed by atoms with Crippen LogP contribution in [0.15, 0.2) is 49.2 Å². The van der Waals surface area contributed by atoms with E-state index < -0.39 is 5.97 Å². The van der Waals surface area contributed by atoms with Gasteiger partial charge in [-0.2, -0.15) is 9.78 Å². The maximum atomic E-state index is 13.2. The fourth-order valence-electron chi connectivity index (χ4n) is 3.00. The first-order chi connectivity index (χ1) is 15.4. The van der Waals surface area contributed by atoms with Gasteiger partial charge in [0.05, 0.1) is 31.3 Å². The first kappa shape index (κ1) is 23.9. The number of fused-ring (bicyclic) bond motifs is 1.